The third-order valence-corrected chi connectivity index (χ3v) is 10.5. The molecule has 0 aliphatic rings. The third-order valence-electron chi connectivity index (χ3n) is 10.5. The zero-order chi connectivity index (χ0) is 40.5. The number of benzene rings is 4. The Kier molecular flexibility index (Phi) is 19.8. The Morgan fingerprint density at radius 1 is 0.373 bits per heavy atom. The van der Waals surface area contributed by atoms with Gasteiger partial charge in [-0.15, -0.1) is 23.0 Å². The molecule has 2 heterocycles. The molecule has 6 aromatic rings. The molecule has 312 valence electrons. The molecule has 0 aliphatic carbocycles. The van der Waals surface area contributed by atoms with E-state index in [-0.39, 0.29) is 62.0 Å². The molecule has 0 saturated carbocycles. The molecule has 0 atom stereocenters. The second kappa shape index (κ2) is 23.2. The zero-order valence-electron chi connectivity index (χ0n) is 35.1. The Labute approximate surface area is 370 Å². The smallest absolute Gasteiger partial charge is 0.872 e. The van der Waals surface area contributed by atoms with Crippen LogP contribution in [0.2, 0.25) is 0 Å². The van der Waals surface area contributed by atoms with Gasteiger partial charge in [-0.2, -0.15) is 0 Å². The van der Waals surface area contributed by atoms with Gasteiger partial charge in [-0.3, -0.25) is 19.8 Å². The number of rotatable bonds is 12. The minimum atomic E-state index is 0. The van der Waals surface area contributed by atoms with Crippen LogP contribution in [-0.2, 0) is 72.8 Å². The third kappa shape index (κ3) is 14.2. The Morgan fingerprint density at radius 2 is 0.610 bits per heavy atom. The fourth-order valence-electron chi connectivity index (χ4n) is 6.63. The van der Waals surface area contributed by atoms with Gasteiger partial charge in [-0.05, 0) is 146 Å². The summed E-state index contributed by atoms with van der Waals surface area (Å²) in [5.41, 5.74) is 13.2. The van der Waals surface area contributed by atoms with Gasteiger partial charge in [0, 0.05) is 51.7 Å². The quantitative estimate of drug-likeness (QED) is 0.135. The normalized spacial score (nSPS) is 10.6. The van der Waals surface area contributed by atoms with Crippen LogP contribution in [-0.4, -0.2) is 25.2 Å². The molecule has 0 fully saturated rings. The van der Waals surface area contributed by atoms with Crippen LogP contribution < -0.4 is 20.4 Å². The van der Waals surface area contributed by atoms with Crippen LogP contribution >= 0.6 is 0 Å². The molecule has 4 aromatic carbocycles. The molecule has 0 spiro atoms. The van der Waals surface area contributed by atoms with E-state index in [1.807, 2.05) is 116 Å². The Balaban J connectivity index is 0.000000387. The van der Waals surface area contributed by atoms with Crippen LogP contribution in [0, 0.1) is 55.4 Å². The largest absolute Gasteiger partial charge is 3.00 e. The second-order valence-corrected chi connectivity index (χ2v) is 15.1. The number of aryl methyl sites for hydroxylation is 8. The van der Waals surface area contributed by atoms with Crippen LogP contribution in [0.25, 0.3) is 0 Å². The predicted octanol–water partition coefficient (Wildman–Crippen LogP) is 6.50. The topological polar surface area (TPSA) is 156 Å². The first kappa shape index (κ1) is 50.4. The molecule has 6 rings (SSSR count). The summed E-state index contributed by atoms with van der Waals surface area (Å²) in [6, 6.07) is 26.2. The van der Waals surface area contributed by atoms with Gasteiger partial charge in [0.25, 0.3) is 0 Å². The SMILES string of the molecule is Cc1cc([O-])c(CN(Cc2ccccn2)Cc2cc(C)c(C)cc2[O-])cc1C.Cc1cc([O-])c(CN(Cc2ccccn2)Cc2cc(C)c(C)cc2[O-])cc1C.O.[Co+3].[Co+3]. The van der Waals surface area contributed by atoms with Crippen molar-refractivity contribution >= 4 is 0 Å². The summed E-state index contributed by atoms with van der Waals surface area (Å²) in [6.07, 6.45) is 3.52. The van der Waals surface area contributed by atoms with E-state index >= 15 is 0 Å². The summed E-state index contributed by atoms with van der Waals surface area (Å²) >= 11 is 0. The molecule has 0 saturated heterocycles. The molecule has 0 unspecified atom stereocenters. The summed E-state index contributed by atoms with van der Waals surface area (Å²) in [6.45, 7) is 18.9. The van der Waals surface area contributed by atoms with Gasteiger partial charge in [0.15, 0.2) is 0 Å². The monoisotopic (exact) mass is 884 g/mol. The van der Waals surface area contributed by atoms with E-state index in [0.29, 0.717) is 39.3 Å². The van der Waals surface area contributed by atoms with E-state index in [4.69, 9.17) is 0 Å². The predicted molar refractivity (Wildman–Crippen MR) is 219 cm³/mol. The second-order valence-electron chi connectivity index (χ2n) is 15.1. The summed E-state index contributed by atoms with van der Waals surface area (Å²) in [7, 11) is 0. The van der Waals surface area contributed by atoms with Crippen molar-refractivity contribution in [2.75, 3.05) is 0 Å². The molecule has 9 nitrogen and oxygen atoms in total. The number of pyridine rings is 2. The molecule has 11 heteroatoms. The molecular formula is C48H54Co2N4O5+2. The standard InChI is InChI=1S/2C24H28N2O2.2Co.H2O/c2*1-16-9-20(23(27)11-18(16)3)13-26(15-22-7-5-6-8-25-22)14-21-10-17(2)19(4)12-24(21)28;;;/h2*5-12,27-28H,13-15H2,1-4H3;;;1H2/q;;2*+3;/p-4. The van der Waals surface area contributed by atoms with Crippen molar-refractivity contribution in [3.05, 3.63) is 175 Å². The fraction of sp³-hybridized carbons (Fsp3) is 0.292. The van der Waals surface area contributed by atoms with Crippen molar-refractivity contribution in [2.45, 2.75) is 94.7 Å². The van der Waals surface area contributed by atoms with E-state index in [1.165, 1.54) is 0 Å². The van der Waals surface area contributed by atoms with Crippen LogP contribution in [0.5, 0.6) is 23.0 Å². The molecule has 2 aromatic heterocycles. The Bertz CT molecular complexity index is 1990. The first-order chi connectivity index (χ1) is 26.7. The Morgan fingerprint density at radius 3 is 0.831 bits per heavy atom. The van der Waals surface area contributed by atoms with E-state index in [0.717, 1.165) is 78.1 Å². The van der Waals surface area contributed by atoms with Crippen LogP contribution in [0.15, 0.2) is 97.3 Å². The summed E-state index contributed by atoms with van der Waals surface area (Å²) in [5.74, 6) is 0.154. The van der Waals surface area contributed by atoms with Crippen molar-refractivity contribution < 1.29 is 59.5 Å². The number of aromatic nitrogens is 2. The summed E-state index contributed by atoms with van der Waals surface area (Å²) in [4.78, 5) is 13.0. The molecule has 0 aliphatic heterocycles. The van der Waals surface area contributed by atoms with Crippen molar-refractivity contribution in [1.29, 1.82) is 0 Å². The fourth-order valence-corrected chi connectivity index (χ4v) is 6.63. The first-order valence-electron chi connectivity index (χ1n) is 19.0. The Hall–Kier alpha value is -4.73. The van der Waals surface area contributed by atoms with Crippen molar-refractivity contribution in [2.24, 2.45) is 0 Å². The molecule has 0 bridgehead atoms. The number of nitrogens with zero attached hydrogens (tertiary/aromatic N) is 4. The van der Waals surface area contributed by atoms with Gasteiger partial charge in [-0.1, -0.05) is 60.7 Å². The molecule has 2 N–H and O–H groups in total. The minimum Gasteiger partial charge on any atom is -0.872 e. The van der Waals surface area contributed by atoms with E-state index in [2.05, 4.69) is 19.8 Å². The molecular weight excluding hydrogens is 830 g/mol. The maximum atomic E-state index is 12.5. The molecule has 0 amide bonds. The van der Waals surface area contributed by atoms with Gasteiger partial charge in [-0.25, -0.2) is 0 Å². The zero-order valence-corrected chi connectivity index (χ0v) is 37.2. The number of hydrogen-bond acceptors (Lipinski definition) is 8. The summed E-state index contributed by atoms with van der Waals surface area (Å²) < 4.78 is 0. The van der Waals surface area contributed by atoms with Crippen LogP contribution in [0.1, 0.15) is 78.1 Å². The average molecular weight is 885 g/mol. The van der Waals surface area contributed by atoms with Gasteiger partial charge in [0.1, 0.15) is 0 Å². The molecule has 59 heavy (non-hydrogen) atoms. The van der Waals surface area contributed by atoms with Crippen molar-refractivity contribution in [1.82, 2.24) is 19.8 Å². The first-order valence-corrected chi connectivity index (χ1v) is 19.0. The van der Waals surface area contributed by atoms with Crippen LogP contribution in [0.3, 0.4) is 0 Å². The van der Waals surface area contributed by atoms with E-state index in [9.17, 15) is 20.4 Å². The van der Waals surface area contributed by atoms with E-state index in [1.54, 1.807) is 36.7 Å². The molecule has 0 radical (unpaired) electrons. The maximum absolute atomic E-state index is 12.5. The van der Waals surface area contributed by atoms with Crippen molar-refractivity contribution in [3.63, 3.8) is 0 Å². The van der Waals surface area contributed by atoms with Gasteiger partial charge < -0.3 is 25.9 Å². The summed E-state index contributed by atoms with van der Waals surface area (Å²) in [5, 5.41) is 50.0. The van der Waals surface area contributed by atoms with Gasteiger partial charge >= 0.3 is 33.6 Å². The average Bonchev–Trinajstić information content (AvgIpc) is 3.15. The minimum absolute atomic E-state index is 0. The van der Waals surface area contributed by atoms with E-state index < -0.39 is 0 Å². The maximum Gasteiger partial charge on any atom is 3.00 e. The van der Waals surface area contributed by atoms with Gasteiger partial charge in [0.05, 0.1) is 11.4 Å². The number of hydrogen-bond donors (Lipinski definition) is 0. The van der Waals surface area contributed by atoms with Gasteiger partial charge in [0.2, 0.25) is 0 Å². The van der Waals surface area contributed by atoms with Crippen LogP contribution in [0.4, 0.5) is 0 Å². The van der Waals surface area contributed by atoms with Crippen molar-refractivity contribution in [3.8, 4) is 23.0 Å².